The van der Waals surface area contributed by atoms with Gasteiger partial charge in [0.05, 0.1) is 16.9 Å². The van der Waals surface area contributed by atoms with E-state index in [0.717, 1.165) is 28.6 Å². The minimum atomic E-state index is -0.289. The summed E-state index contributed by atoms with van der Waals surface area (Å²) in [7, 11) is 0. The molecule has 108 valence electrons. The Hall–Kier alpha value is -2.07. The van der Waals surface area contributed by atoms with Crippen LogP contribution in [0.5, 0.6) is 0 Å². The monoisotopic (exact) mass is 303 g/mol. The maximum absolute atomic E-state index is 14.1. The number of aromatic amines is 1. The van der Waals surface area contributed by atoms with Crippen molar-refractivity contribution in [3.05, 3.63) is 58.5 Å². The van der Waals surface area contributed by atoms with Crippen LogP contribution in [0.15, 0.2) is 36.4 Å². The van der Waals surface area contributed by atoms with Crippen LogP contribution in [0.25, 0.3) is 10.9 Å². The van der Waals surface area contributed by atoms with E-state index in [9.17, 15) is 4.39 Å². The highest BCUT2D eigenvalue weighted by Crippen LogP contribution is 2.25. The Labute approximate surface area is 127 Å². The second-order valence-corrected chi connectivity index (χ2v) is 5.32. The first kappa shape index (κ1) is 13.9. The molecule has 21 heavy (non-hydrogen) atoms. The fourth-order valence-corrected chi connectivity index (χ4v) is 2.42. The molecule has 0 unspecified atom stereocenters. The van der Waals surface area contributed by atoms with Gasteiger partial charge in [0.25, 0.3) is 0 Å². The number of hydrogen-bond donors (Lipinski definition) is 2. The lowest BCUT2D eigenvalue weighted by molar-refractivity contribution is 0.631. The number of aryl methyl sites for hydroxylation is 1. The Kier molecular flexibility index (Phi) is 3.80. The molecular formula is C16H15ClFN3. The van der Waals surface area contributed by atoms with Crippen LogP contribution in [0.1, 0.15) is 18.2 Å². The average molecular weight is 304 g/mol. The predicted molar refractivity (Wildman–Crippen MR) is 84.2 cm³/mol. The van der Waals surface area contributed by atoms with Gasteiger partial charge < -0.3 is 5.32 Å². The largest absolute Gasteiger partial charge is 0.379 e. The summed E-state index contributed by atoms with van der Waals surface area (Å²) in [6, 6.07) is 10.8. The number of halogens is 2. The molecule has 1 heterocycles. The van der Waals surface area contributed by atoms with Crippen molar-refractivity contribution in [2.45, 2.75) is 19.9 Å². The summed E-state index contributed by atoms with van der Waals surface area (Å²) in [6.45, 7) is 2.57. The van der Waals surface area contributed by atoms with Crippen molar-refractivity contribution >= 4 is 28.2 Å². The van der Waals surface area contributed by atoms with Crippen LogP contribution in [0.2, 0.25) is 5.02 Å². The van der Waals surface area contributed by atoms with Gasteiger partial charge in [0, 0.05) is 23.0 Å². The normalized spacial score (nSPS) is 11.0. The second-order valence-electron chi connectivity index (χ2n) is 4.88. The molecule has 1 aromatic heterocycles. The maximum Gasteiger partial charge on any atom is 0.148 e. The molecule has 0 radical (unpaired) electrons. The third kappa shape index (κ3) is 2.85. The van der Waals surface area contributed by atoms with Crippen LogP contribution in [-0.4, -0.2) is 10.2 Å². The van der Waals surface area contributed by atoms with Gasteiger partial charge in [0.15, 0.2) is 0 Å². The Morgan fingerprint density at radius 2 is 2.00 bits per heavy atom. The van der Waals surface area contributed by atoms with Crippen LogP contribution in [0.3, 0.4) is 0 Å². The molecule has 3 aromatic rings. The Bertz CT molecular complexity index is 765. The Morgan fingerprint density at radius 3 is 2.71 bits per heavy atom. The summed E-state index contributed by atoms with van der Waals surface area (Å²) in [5, 5.41) is 11.8. The minimum absolute atomic E-state index is 0.289. The number of nitrogens with one attached hydrogen (secondary N) is 2. The molecule has 2 N–H and O–H groups in total. The van der Waals surface area contributed by atoms with Gasteiger partial charge >= 0.3 is 0 Å². The maximum atomic E-state index is 14.1. The summed E-state index contributed by atoms with van der Waals surface area (Å²) < 4.78 is 14.1. The van der Waals surface area contributed by atoms with Crippen LogP contribution in [0, 0.1) is 5.82 Å². The summed E-state index contributed by atoms with van der Waals surface area (Å²) in [6.07, 6.45) is 0.808. The molecule has 0 aliphatic heterocycles. The lowest BCUT2D eigenvalue weighted by Gasteiger charge is -2.08. The van der Waals surface area contributed by atoms with E-state index < -0.39 is 0 Å². The lowest BCUT2D eigenvalue weighted by Crippen LogP contribution is -2.01. The van der Waals surface area contributed by atoms with E-state index in [4.69, 9.17) is 11.6 Å². The highest BCUT2D eigenvalue weighted by molar-refractivity contribution is 6.30. The van der Waals surface area contributed by atoms with Crippen molar-refractivity contribution in [3.8, 4) is 0 Å². The van der Waals surface area contributed by atoms with E-state index >= 15 is 0 Å². The van der Waals surface area contributed by atoms with Gasteiger partial charge in [-0.2, -0.15) is 5.10 Å². The summed E-state index contributed by atoms with van der Waals surface area (Å²) in [4.78, 5) is 0. The summed E-state index contributed by atoms with van der Waals surface area (Å²) >= 11 is 5.85. The Morgan fingerprint density at radius 1 is 1.24 bits per heavy atom. The van der Waals surface area contributed by atoms with Crippen molar-refractivity contribution in [2.75, 3.05) is 5.32 Å². The number of nitrogens with zero attached hydrogens (tertiary/aromatic N) is 1. The number of H-pyrrole nitrogens is 1. The third-order valence-electron chi connectivity index (χ3n) is 3.46. The number of hydrogen-bond acceptors (Lipinski definition) is 2. The molecule has 0 amide bonds. The molecule has 0 aliphatic carbocycles. The molecule has 0 atom stereocenters. The smallest absolute Gasteiger partial charge is 0.148 e. The van der Waals surface area contributed by atoms with Crippen molar-refractivity contribution < 1.29 is 4.39 Å². The van der Waals surface area contributed by atoms with Gasteiger partial charge in [0.2, 0.25) is 0 Å². The van der Waals surface area contributed by atoms with Gasteiger partial charge in [0.1, 0.15) is 5.82 Å². The zero-order valence-electron chi connectivity index (χ0n) is 11.6. The van der Waals surface area contributed by atoms with E-state index in [1.165, 1.54) is 6.07 Å². The number of rotatable bonds is 4. The van der Waals surface area contributed by atoms with Crippen molar-refractivity contribution in [3.63, 3.8) is 0 Å². The number of anilines is 1. The van der Waals surface area contributed by atoms with Gasteiger partial charge in [-0.1, -0.05) is 30.7 Å². The summed E-state index contributed by atoms with van der Waals surface area (Å²) in [5.74, 6) is -0.289. The van der Waals surface area contributed by atoms with Crippen LogP contribution >= 0.6 is 11.6 Å². The predicted octanol–water partition coefficient (Wildman–Crippen LogP) is 4.53. The van der Waals surface area contributed by atoms with Crippen LogP contribution in [0.4, 0.5) is 10.1 Å². The Balaban J connectivity index is 1.85. The second kappa shape index (κ2) is 5.74. The van der Waals surface area contributed by atoms with Gasteiger partial charge in [-0.25, -0.2) is 4.39 Å². The molecule has 0 fully saturated rings. The molecule has 5 heteroatoms. The molecule has 0 saturated carbocycles. The van der Waals surface area contributed by atoms with E-state index in [2.05, 4.69) is 15.5 Å². The minimum Gasteiger partial charge on any atom is -0.379 e. The van der Waals surface area contributed by atoms with Gasteiger partial charge in [-0.15, -0.1) is 0 Å². The van der Waals surface area contributed by atoms with Crippen molar-refractivity contribution in [1.29, 1.82) is 0 Å². The SMILES string of the molecule is CCc1n[nH]c2cc(F)c(NCc3ccc(Cl)cc3)cc12. The van der Waals surface area contributed by atoms with Crippen LogP contribution in [-0.2, 0) is 13.0 Å². The molecule has 0 bridgehead atoms. The standard InChI is InChI=1S/C16H15ClFN3/c1-2-14-12-7-16(13(18)8-15(12)21-20-14)19-9-10-3-5-11(17)6-4-10/h3-8,19H,2,9H2,1H3,(H,20,21). The van der Waals surface area contributed by atoms with Crippen molar-refractivity contribution in [2.24, 2.45) is 0 Å². The third-order valence-corrected chi connectivity index (χ3v) is 3.71. The fraction of sp³-hybridized carbons (Fsp3) is 0.188. The molecule has 0 aliphatic rings. The van der Waals surface area contributed by atoms with Gasteiger partial charge in [-0.3, -0.25) is 5.10 Å². The molecule has 0 saturated heterocycles. The number of aromatic nitrogens is 2. The topological polar surface area (TPSA) is 40.7 Å². The number of benzene rings is 2. The summed E-state index contributed by atoms with van der Waals surface area (Å²) in [5.41, 5.74) is 3.19. The van der Waals surface area contributed by atoms with E-state index in [1.807, 2.05) is 37.3 Å². The highest BCUT2D eigenvalue weighted by Gasteiger charge is 2.09. The van der Waals surface area contributed by atoms with Crippen LogP contribution < -0.4 is 5.32 Å². The fourth-order valence-electron chi connectivity index (χ4n) is 2.30. The lowest BCUT2D eigenvalue weighted by atomic mass is 10.1. The van der Waals surface area contributed by atoms with E-state index in [1.54, 1.807) is 0 Å². The highest BCUT2D eigenvalue weighted by atomic mass is 35.5. The van der Waals surface area contributed by atoms with E-state index in [-0.39, 0.29) is 5.82 Å². The first-order valence-corrected chi connectivity index (χ1v) is 7.20. The van der Waals surface area contributed by atoms with E-state index in [0.29, 0.717) is 17.3 Å². The zero-order valence-corrected chi connectivity index (χ0v) is 12.3. The quantitative estimate of drug-likeness (QED) is 0.743. The molecule has 3 nitrogen and oxygen atoms in total. The first-order chi connectivity index (χ1) is 10.2. The molecule has 2 aromatic carbocycles. The zero-order chi connectivity index (χ0) is 14.8. The van der Waals surface area contributed by atoms with Gasteiger partial charge in [-0.05, 0) is 30.2 Å². The molecule has 0 spiro atoms. The first-order valence-electron chi connectivity index (χ1n) is 6.82. The van der Waals surface area contributed by atoms with Crippen molar-refractivity contribution in [1.82, 2.24) is 10.2 Å². The number of fused-ring (bicyclic) bond motifs is 1. The average Bonchev–Trinajstić information content (AvgIpc) is 2.88. The molecular weight excluding hydrogens is 289 g/mol. The molecule has 3 rings (SSSR count).